The molecular formula is C7H4BrF3OS. The van der Waals surface area contributed by atoms with E-state index in [0.717, 1.165) is 11.3 Å². The van der Waals surface area contributed by atoms with Crippen molar-refractivity contribution in [1.82, 2.24) is 0 Å². The molecule has 0 N–H and O–H groups in total. The predicted octanol–water partition coefficient (Wildman–Crippen LogP) is 3.65. The highest BCUT2D eigenvalue weighted by Gasteiger charge is 2.32. The van der Waals surface area contributed by atoms with Gasteiger partial charge in [-0.1, -0.05) is 0 Å². The molecule has 1 aromatic rings. The van der Waals surface area contributed by atoms with Crippen LogP contribution in [0.15, 0.2) is 15.9 Å². The average molecular weight is 273 g/mol. The van der Waals surface area contributed by atoms with Gasteiger partial charge in [0.1, 0.15) is 6.42 Å². The Balaban J connectivity index is 2.76. The number of hydrogen-bond donors (Lipinski definition) is 0. The number of carbonyl (C=O) groups excluding carboxylic acids is 1. The lowest BCUT2D eigenvalue weighted by Gasteiger charge is -2.03. The topological polar surface area (TPSA) is 17.1 Å². The van der Waals surface area contributed by atoms with E-state index in [4.69, 9.17) is 0 Å². The molecule has 0 aromatic carbocycles. The van der Waals surface area contributed by atoms with Gasteiger partial charge in [0, 0.05) is 4.47 Å². The monoisotopic (exact) mass is 272 g/mol. The van der Waals surface area contributed by atoms with E-state index in [1.807, 2.05) is 0 Å². The summed E-state index contributed by atoms with van der Waals surface area (Å²) in [6, 6.07) is 1.55. The molecule has 0 spiro atoms. The molecule has 13 heavy (non-hydrogen) atoms. The van der Waals surface area contributed by atoms with Crippen molar-refractivity contribution in [2.75, 3.05) is 0 Å². The second-order valence-corrected chi connectivity index (χ2v) is 4.08. The Hall–Kier alpha value is -0.360. The Kier molecular flexibility index (Phi) is 3.13. The van der Waals surface area contributed by atoms with Crippen LogP contribution < -0.4 is 0 Å². The highest BCUT2D eigenvalue weighted by atomic mass is 79.9. The van der Waals surface area contributed by atoms with Gasteiger partial charge in [-0.3, -0.25) is 4.79 Å². The minimum Gasteiger partial charge on any atom is -0.293 e. The van der Waals surface area contributed by atoms with E-state index in [1.54, 1.807) is 11.4 Å². The Morgan fingerprint density at radius 2 is 2.15 bits per heavy atom. The van der Waals surface area contributed by atoms with Crippen molar-refractivity contribution in [3.8, 4) is 0 Å². The van der Waals surface area contributed by atoms with E-state index >= 15 is 0 Å². The van der Waals surface area contributed by atoms with Gasteiger partial charge in [0.25, 0.3) is 0 Å². The van der Waals surface area contributed by atoms with Crippen molar-refractivity contribution < 1.29 is 18.0 Å². The molecule has 1 rings (SSSR count). The molecule has 0 unspecified atom stereocenters. The van der Waals surface area contributed by atoms with Gasteiger partial charge in [-0.05, 0) is 27.4 Å². The average Bonchev–Trinajstić information content (AvgIpc) is 2.30. The molecule has 1 heterocycles. The quantitative estimate of drug-likeness (QED) is 0.752. The second kappa shape index (κ2) is 3.79. The van der Waals surface area contributed by atoms with Gasteiger partial charge in [0.15, 0.2) is 5.78 Å². The maximum Gasteiger partial charge on any atom is 0.396 e. The maximum atomic E-state index is 11.8. The number of carbonyl (C=O) groups is 1. The lowest BCUT2D eigenvalue weighted by atomic mass is 10.2. The van der Waals surface area contributed by atoms with Crippen molar-refractivity contribution in [3.63, 3.8) is 0 Å². The van der Waals surface area contributed by atoms with Crippen LogP contribution in [0.5, 0.6) is 0 Å². The third-order valence-electron chi connectivity index (χ3n) is 1.23. The normalized spacial score (nSPS) is 11.7. The number of ketones is 1. The van der Waals surface area contributed by atoms with E-state index in [2.05, 4.69) is 15.9 Å². The molecule has 1 nitrogen and oxygen atoms in total. The zero-order chi connectivity index (χ0) is 10.1. The van der Waals surface area contributed by atoms with Crippen LogP contribution in [0.2, 0.25) is 0 Å². The fraction of sp³-hybridized carbons (Fsp3) is 0.286. The van der Waals surface area contributed by atoms with Crippen LogP contribution in [0.1, 0.15) is 16.1 Å². The van der Waals surface area contributed by atoms with E-state index in [0.29, 0.717) is 4.47 Å². The van der Waals surface area contributed by atoms with E-state index < -0.39 is 18.4 Å². The minimum atomic E-state index is -4.43. The molecule has 0 radical (unpaired) electrons. The van der Waals surface area contributed by atoms with Crippen molar-refractivity contribution in [2.45, 2.75) is 12.6 Å². The molecule has 72 valence electrons. The number of thiophene rings is 1. The summed E-state index contributed by atoms with van der Waals surface area (Å²) in [5, 5.41) is 1.56. The first-order valence-corrected chi connectivity index (χ1v) is 4.90. The largest absolute Gasteiger partial charge is 0.396 e. The van der Waals surface area contributed by atoms with Gasteiger partial charge in [-0.2, -0.15) is 13.2 Å². The molecule has 0 aliphatic rings. The van der Waals surface area contributed by atoms with Gasteiger partial charge < -0.3 is 0 Å². The van der Waals surface area contributed by atoms with Gasteiger partial charge in [-0.25, -0.2) is 0 Å². The molecular weight excluding hydrogens is 269 g/mol. The number of Topliss-reactive ketones (excluding diaryl/α,β-unsaturated/α-hetero) is 1. The number of alkyl halides is 3. The first-order valence-electron chi connectivity index (χ1n) is 3.23. The predicted molar refractivity (Wildman–Crippen MR) is 47.0 cm³/mol. The molecule has 0 aliphatic carbocycles. The fourth-order valence-corrected chi connectivity index (χ4v) is 2.29. The van der Waals surface area contributed by atoms with Gasteiger partial charge in [0.2, 0.25) is 0 Å². The summed E-state index contributed by atoms with van der Waals surface area (Å²) < 4.78 is 35.8. The lowest BCUT2D eigenvalue weighted by Crippen LogP contribution is -2.14. The van der Waals surface area contributed by atoms with E-state index in [-0.39, 0.29) is 4.88 Å². The smallest absolute Gasteiger partial charge is 0.293 e. The van der Waals surface area contributed by atoms with Crippen molar-refractivity contribution in [2.24, 2.45) is 0 Å². The third kappa shape index (κ3) is 3.11. The molecule has 0 saturated carbocycles. The lowest BCUT2D eigenvalue weighted by molar-refractivity contribution is -0.125. The molecule has 1 aromatic heterocycles. The Morgan fingerprint density at radius 1 is 1.54 bits per heavy atom. The highest BCUT2D eigenvalue weighted by Crippen LogP contribution is 2.28. The summed E-state index contributed by atoms with van der Waals surface area (Å²) in [4.78, 5) is 11.1. The summed E-state index contributed by atoms with van der Waals surface area (Å²) in [7, 11) is 0. The highest BCUT2D eigenvalue weighted by molar-refractivity contribution is 9.10. The fourth-order valence-electron chi connectivity index (χ4n) is 0.755. The molecule has 0 fully saturated rings. The van der Waals surface area contributed by atoms with Crippen LogP contribution >= 0.6 is 27.3 Å². The zero-order valence-corrected chi connectivity index (χ0v) is 8.59. The van der Waals surface area contributed by atoms with Gasteiger partial charge in [-0.15, -0.1) is 11.3 Å². The molecule has 0 bridgehead atoms. The second-order valence-electron chi connectivity index (χ2n) is 2.31. The van der Waals surface area contributed by atoms with Crippen molar-refractivity contribution >= 4 is 33.0 Å². The molecule has 0 amide bonds. The first-order chi connectivity index (χ1) is 5.90. The molecule has 0 saturated heterocycles. The van der Waals surface area contributed by atoms with Gasteiger partial charge in [0.05, 0.1) is 4.88 Å². The third-order valence-corrected chi connectivity index (χ3v) is 3.11. The maximum absolute atomic E-state index is 11.8. The van der Waals surface area contributed by atoms with Crippen LogP contribution in [0.3, 0.4) is 0 Å². The molecule has 0 aliphatic heterocycles. The Morgan fingerprint density at radius 3 is 2.54 bits per heavy atom. The van der Waals surface area contributed by atoms with Crippen molar-refractivity contribution in [3.05, 3.63) is 20.8 Å². The van der Waals surface area contributed by atoms with Gasteiger partial charge >= 0.3 is 6.18 Å². The van der Waals surface area contributed by atoms with Crippen LogP contribution in [-0.2, 0) is 0 Å². The summed E-state index contributed by atoms with van der Waals surface area (Å²) in [6.07, 6.45) is -5.83. The van der Waals surface area contributed by atoms with E-state index in [1.165, 1.54) is 0 Å². The summed E-state index contributed by atoms with van der Waals surface area (Å²) in [5.41, 5.74) is 0. The van der Waals surface area contributed by atoms with Crippen molar-refractivity contribution in [1.29, 1.82) is 0 Å². The number of halogens is 4. The molecule has 0 atom stereocenters. The molecule has 6 heteroatoms. The Bertz CT molecular complexity index is 318. The summed E-state index contributed by atoms with van der Waals surface area (Å²) >= 11 is 4.00. The zero-order valence-electron chi connectivity index (χ0n) is 6.19. The van der Waals surface area contributed by atoms with Crippen LogP contribution in [0, 0.1) is 0 Å². The summed E-state index contributed by atoms with van der Waals surface area (Å²) in [6.45, 7) is 0. The number of rotatable bonds is 2. The number of hydrogen-bond acceptors (Lipinski definition) is 2. The Labute approximate surface area is 84.7 Å². The van der Waals surface area contributed by atoms with Crippen LogP contribution in [-0.4, -0.2) is 12.0 Å². The first kappa shape index (κ1) is 10.7. The van der Waals surface area contributed by atoms with Crippen LogP contribution in [0.25, 0.3) is 0 Å². The standard InChI is InChI=1S/C7H4BrF3OS/c8-4-1-2-13-6(4)5(12)3-7(9,10)11/h1-2H,3H2. The summed E-state index contributed by atoms with van der Waals surface area (Å²) in [5.74, 6) is -0.894. The van der Waals surface area contributed by atoms with E-state index in [9.17, 15) is 18.0 Å². The SMILES string of the molecule is O=C(CC(F)(F)F)c1sccc1Br. The minimum absolute atomic E-state index is 0.123. The van der Waals surface area contributed by atoms with Crippen LogP contribution in [0.4, 0.5) is 13.2 Å².